The maximum Gasteiger partial charge on any atom is 0.247 e. The van der Waals surface area contributed by atoms with Gasteiger partial charge in [0.25, 0.3) is 0 Å². The van der Waals surface area contributed by atoms with Crippen molar-refractivity contribution in [2.75, 3.05) is 13.2 Å². The number of hydrogen-bond acceptors (Lipinski definition) is 3. The Labute approximate surface area is 146 Å². The molecular weight excluding hydrogens is 318 g/mol. The summed E-state index contributed by atoms with van der Waals surface area (Å²) in [6.45, 7) is 7.00. The van der Waals surface area contributed by atoms with Crippen LogP contribution in [0.3, 0.4) is 0 Å². The van der Waals surface area contributed by atoms with Crippen LogP contribution in [0, 0.1) is 0 Å². The van der Waals surface area contributed by atoms with Gasteiger partial charge in [-0.3, -0.25) is 4.79 Å². The Bertz CT molecular complexity index is 745. The molecule has 0 N–H and O–H groups in total. The fourth-order valence-electron chi connectivity index (χ4n) is 2.90. The van der Waals surface area contributed by atoms with Gasteiger partial charge in [0.1, 0.15) is 12.4 Å². The van der Waals surface area contributed by atoms with E-state index in [4.69, 9.17) is 4.74 Å². The SMILES string of the molecule is C=CCOc1ccc(/C=C/C(=O)N2CCc3sccc3[C@@H]2C)cc1. The number of benzene rings is 1. The molecule has 0 radical (unpaired) electrons. The lowest BCUT2D eigenvalue weighted by molar-refractivity contribution is -0.128. The average Bonchev–Trinajstić information content (AvgIpc) is 3.09. The fraction of sp³-hybridized carbons (Fsp3) is 0.250. The summed E-state index contributed by atoms with van der Waals surface area (Å²) in [4.78, 5) is 15.9. The van der Waals surface area contributed by atoms with E-state index in [1.807, 2.05) is 35.2 Å². The zero-order valence-electron chi connectivity index (χ0n) is 13.8. The van der Waals surface area contributed by atoms with Gasteiger partial charge < -0.3 is 9.64 Å². The first-order valence-electron chi connectivity index (χ1n) is 8.07. The standard InChI is InChI=1S/C20H21NO2S/c1-3-13-23-17-7-4-16(5-8-17)6-9-20(22)21-12-10-19-18(15(21)2)11-14-24-19/h3-9,11,14-15H,1,10,12-13H2,2H3/b9-6+/t15-/m0/s1. The number of nitrogens with zero attached hydrogens (tertiary/aromatic N) is 1. The van der Waals surface area contributed by atoms with Crippen molar-refractivity contribution in [1.29, 1.82) is 0 Å². The van der Waals surface area contributed by atoms with Crippen LogP contribution >= 0.6 is 11.3 Å². The molecule has 3 rings (SSSR count). The Hall–Kier alpha value is -2.33. The van der Waals surface area contributed by atoms with Gasteiger partial charge in [0.15, 0.2) is 0 Å². The van der Waals surface area contributed by atoms with E-state index in [1.165, 1.54) is 10.4 Å². The zero-order valence-corrected chi connectivity index (χ0v) is 14.6. The van der Waals surface area contributed by atoms with Crippen molar-refractivity contribution in [2.45, 2.75) is 19.4 Å². The normalized spacial score (nSPS) is 16.9. The third-order valence-electron chi connectivity index (χ3n) is 4.23. The maximum atomic E-state index is 12.5. The van der Waals surface area contributed by atoms with Crippen LogP contribution in [0.25, 0.3) is 6.08 Å². The predicted molar refractivity (Wildman–Crippen MR) is 99.3 cm³/mol. The number of fused-ring (bicyclic) bond motifs is 1. The predicted octanol–water partition coefficient (Wildman–Crippen LogP) is 4.47. The van der Waals surface area contributed by atoms with Crippen LogP contribution in [0.5, 0.6) is 5.75 Å². The first-order chi connectivity index (χ1) is 11.7. The van der Waals surface area contributed by atoms with Gasteiger partial charge in [0.05, 0.1) is 6.04 Å². The molecule has 0 spiro atoms. The zero-order chi connectivity index (χ0) is 16.9. The van der Waals surface area contributed by atoms with Crippen molar-refractivity contribution in [3.05, 3.63) is 70.4 Å². The summed E-state index contributed by atoms with van der Waals surface area (Å²) in [7, 11) is 0. The number of hydrogen-bond donors (Lipinski definition) is 0. The molecule has 0 unspecified atom stereocenters. The second-order valence-corrected chi connectivity index (χ2v) is 6.76. The van der Waals surface area contributed by atoms with Crippen molar-refractivity contribution in [3.63, 3.8) is 0 Å². The highest BCUT2D eigenvalue weighted by atomic mass is 32.1. The van der Waals surface area contributed by atoms with Crippen LogP contribution in [-0.4, -0.2) is 24.0 Å². The summed E-state index contributed by atoms with van der Waals surface area (Å²) < 4.78 is 5.45. The molecule has 0 aliphatic carbocycles. The molecule has 0 saturated heterocycles. The van der Waals surface area contributed by atoms with Crippen LogP contribution in [0.1, 0.15) is 29.0 Å². The van der Waals surface area contributed by atoms with Gasteiger partial charge in [-0.25, -0.2) is 0 Å². The molecule has 1 atom stereocenters. The highest BCUT2D eigenvalue weighted by molar-refractivity contribution is 7.10. The van der Waals surface area contributed by atoms with Gasteiger partial charge in [0.2, 0.25) is 5.91 Å². The lowest BCUT2D eigenvalue weighted by atomic mass is 10.0. The van der Waals surface area contributed by atoms with Gasteiger partial charge >= 0.3 is 0 Å². The van der Waals surface area contributed by atoms with E-state index in [-0.39, 0.29) is 11.9 Å². The van der Waals surface area contributed by atoms with E-state index in [9.17, 15) is 4.79 Å². The van der Waals surface area contributed by atoms with E-state index < -0.39 is 0 Å². The Morgan fingerprint density at radius 1 is 1.38 bits per heavy atom. The third-order valence-corrected chi connectivity index (χ3v) is 5.22. The van der Waals surface area contributed by atoms with E-state index in [2.05, 4.69) is 24.9 Å². The minimum atomic E-state index is 0.0614. The second-order valence-electron chi connectivity index (χ2n) is 5.76. The molecule has 1 aromatic heterocycles. The first kappa shape index (κ1) is 16.5. The number of amides is 1. The summed E-state index contributed by atoms with van der Waals surface area (Å²) in [5.74, 6) is 0.861. The van der Waals surface area contributed by atoms with E-state index in [1.54, 1.807) is 23.5 Å². The molecule has 1 aliphatic heterocycles. The fourth-order valence-corrected chi connectivity index (χ4v) is 3.87. The molecule has 2 heterocycles. The molecule has 0 saturated carbocycles. The number of thiophene rings is 1. The van der Waals surface area contributed by atoms with Gasteiger partial charge in [0, 0.05) is 17.5 Å². The van der Waals surface area contributed by atoms with E-state index in [0.29, 0.717) is 6.61 Å². The van der Waals surface area contributed by atoms with E-state index in [0.717, 1.165) is 24.3 Å². The molecule has 0 bridgehead atoms. The van der Waals surface area contributed by atoms with Crippen LogP contribution in [0.4, 0.5) is 0 Å². The molecule has 1 aliphatic rings. The molecule has 3 nitrogen and oxygen atoms in total. The minimum Gasteiger partial charge on any atom is -0.490 e. The summed E-state index contributed by atoms with van der Waals surface area (Å²) in [6.07, 6.45) is 6.18. The van der Waals surface area contributed by atoms with Gasteiger partial charge in [-0.2, -0.15) is 0 Å². The molecule has 2 aromatic rings. The molecule has 24 heavy (non-hydrogen) atoms. The summed E-state index contributed by atoms with van der Waals surface area (Å²) in [6, 6.07) is 9.96. The smallest absolute Gasteiger partial charge is 0.247 e. The topological polar surface area (TPSA) is 29.5 Å². The average molecular weight is 339 g/mol. The highest BCUT2D eigenvalue weighted by Crippen LogP contribution is 2.32. The summed E-state index contributed by atoms with van der Waals surface area (Å²) in [5, 5.41) is 2.11. The van der Waals surface area contributed by atoms with Crippen molar-refractivity contribution in [3.8, 4) is 5.75 Å². The molecule has 1 amide bonds. The Morgan fingerprint density at radius 2 is 2.17 bits per heavy atom. The number of ether oxygens (including phenoxy) is 1. The maximum absolute atomic E-state index is 12.5. The Kier molecular flexibility index (Phi) is 5.16. The molecule has 124 valence electrons. The van der Waals surface area contributed by atoms with Gasteiger partial charge in [-0.1, -0.05) is 24.8 Å². The van der Waals surface area contributed by atoms with Crippen molar-refractivity contribution in [1.82, 2.24) is 4.90 Å². The highest BCUT2D eigenvalue weighted by Gasteiger charge is 2.26. The van der Waals surface area contributed by atoms with Crippen molar-refractivity contribution in [2.24, 2.45) is 0 Å². The molecule has 1 aromatic carbocycles. The summed E-state index contributed by atoms with van der Waals surface area (Å²) >= 11 is 1.79. The van der Waals surface area contributed by atoms with E-state index >= 15 is 0 Å². The first-order valence-corrected chi connectivity index (χ1v) is 8.95. The number of rotatable bonds is 5. The molecule has 0 fully saturated rings. The minimum absolute atomic E-state index is 0.0614. The largest absolute Gasteiger partial charge is 0.490 e. The van der Waals surface area contributed by atoms with Crippen molar-refractivity contribution >= 4 is 23.3 Å². The summed E-state index contributed by atoms with van der Waals surface area (Å²) in [5.41, 5.74) is 2.27. The monoisotopic (exact) mass is 339 g/mol. The number of carbonyl (C=O) groups excluding carboxylic acids is 1. The van der Waals surface area contributed by atoms with Gasteiger partial charge in [-0.05, 0) is 54.1 Å². The quantitative estimate of drug-likeness (QED) is 0.594. The molecule has 4 heteroatoms. The van der Waals surface area contributed by atoms with Crippen molar-refractivity contribution < 1.29 is 9.53 Å². The van der Waals surface area contributed by atoms with Crippen LogP contribution in [0.15, 0.2) is 54.4 Å². The Balaban J connectivity index is 1.64. The van der Waals surface area contributed by atoms with Crippen LogP contribution in [0.2, 0.25) is 0 Å². The van der Waals surface area contributed by atoms with Crippen LogP contribution < -0.4 is 4.74 Å². The number of carbonyl (C=O) groups is 1. The third kappa shape index (κ3) is 3.60. The molecular formula is C20H21NO2S. The lowest BCUT2D eigenvalue weighted by Gasteiger charge is -2.32. The lowest BCUT2D eigenvalue weighted by Crippen LogP contribution is -2.37. The van der Waals surface area contributed by atoms with Gasteiger partial charge in [-0.15, -0.1) is 11.3 Å². The Morgan fingerprint density at radius 3 is 2.92 bits per heavy atom. The van der Waals surface area contributed by atoms with Crippen LogP contribution in [-0.2, 0) is 11.2 Å². The second kappa shape index (κ2) is 7.49.